The van der Waals surface area contributed by atoms with Gasteiger partial charge in [0, 0.05) is 11.3 Å². The zero-order valence-electron chi connectivity index (χ0n) is 14.9. The molecule has 24 heavy (non-hydrogen) atoms. The van der Waals surface area contributed by atoms with Crippen LogP contribution in [-0.4, -0.2) is 18.1 Å². The number of benzene rings is 2. The summed E-state index contributed by atoms with van der Waals surface area (Å²) in [6, 6.07) is 10.6. The average Bonchev–Trinajstić information content (AvgIpc) is 2.55. The number of nitrogens with one attached hydrogen (secondary N) is 1. The summed E-state index contributed by atoms with van der Waals surface area (Å²) in [4.78, 5) is 12.4. The highest BCUT2D eigenvalue weighted by Crippen LogP contribution is 2.36. The van der Waals surface area contributed by atoms with Crippen LogP contribution in [0.3, 0.4) is 0 Å². The lowest BCUT2D eigenvalue weighted by Gasteiger charge is -2.18. The van der Waals surface area contributed by atoms with Gasteiger partial charge in [-0.3, -0.25) is 4.79 Å². The maximum absolute atomic E-state index is 12.4. The number of hydrogen-bond acceptors (Lipinski definition) is 3. The van der Waals surface area contributed by atoms with Gasteiger partial charge in [0.1, 0.15) is 11.5 Å². The predicted molar refractivity (Wildman–Crippen MR) is 97.2 cm³/mol. The van der Waals surface area contributed by atoms with Gasteiger partial charge in [-0.25, -0.2) is 0 Å². The van der Waals surface area contributed by atoms with Gasteiger partial charge in [0.15, 0.2) is 0 Å². The molecule has 2 N–H and O–H groups in total. The Morgan fingerprint density at radius 1 is 1.00 bits per heavy atom. The Morgan fingerprint density at radius 3 is 1.92 bits per heavy atom. The first-order valence-corrected chi connectivity index (χ1v) is 8.15. The van der Waals surface area contributed by atoms with Gasteiger partial charge in [-0.2, -0.15) is 0 Å². The molecule has 2 aromatic carbocycles. The van der Waals surface area contributed by atoms with Gasteiger partial charge in [-0.05, 0) is 59.4 Å². The number of aromatic hydroxyl groups is 1. The molecule has 4 heteroatoms. The average molecular weight is 327 g/mol. The van der Waals surface area contributed by atoms with Gasteiger partial charge in [0.05, 0.1) is 7.11 Å². The van der Waals surface area contributed by atoms with Crippen molar-refractivity contribution in [1.82, 2.24) is 0 Å². The lowest BCUT2D eigenvalue weighted by molar-refractivity contribution is 0.102. The van der Waals surface area contributed by atoms with Gasteiger partial charge >= 0.3 is 0 Å². The smallest absolute Gasteiger partial charge is 0.255 e. The van der Waals surface area contributed by atoms with Crippen LogP contribution in [0.5, 0.6) is 11.5 Å². The summed E-state index contributed by atoms with van der Waals surface area (Å²) < 4.78 is 5.11. The van der Waals surface area contributed by atoms with E-state index in [-0.39, 0.29) is 17.7 Å². The van der Waals surface area contributed by atoms with Crippen LogP contribution >= 0.6 is 0 Å². The lowest BCUT2D eigenvalue weighted by atomic mass is 9.93. The van der Waals surface area contributed by atoms with Crippen molar-refractivity contribution in [3.8, 4) is 11.5 Å². The zero-order valence-corrected chi connectivity index (χ0v) is 14.9. The highest BCUT2D eigenvalue weighted by Gasteiger charge is 2.16. The Hall–Kier alpha value is -2.49. The number of phenols is 1. The van der Waals surface area contributed by atoms with E-state index in [4.69, 9.17) is 4.74 Å². The zero-order chi connectivity index (χ0) is 17.9. The molecule has 0 aliphatic heterocycles. The van der Waals surface area contributed by atoms with Crippen LogP contribution in [0, 0.1) is 0 Å². The first kappa shape index (κ1) is 17.9. The molecule has 0 aromatic heterocycles. The fraction of sp³-hybridized carbons (Fsp3) is 0.350. The van der Waals surface area contributed by atoms with Crippen molar-refractivity contribution in [3.63, 3.8) is 0 Å². The standard InChI is InChI=1S/C20H25NO3/c1-12(2)17-10-15(11-18(13(3)4)19(17)22)21-20(23)14-6-8-16(24-5)9-7-14/h6-13,22H,1-5H3,(H,21,23). The number of ether oxygens (including phenoxy) is 1. The summed E-state index contributed by atoms with van der Waals surface area (Å²) >= 11 is 0. The van der Waals surface area contributed by atoms with Gasteiger partial charge in [0.2, 0.25) is 0 Å². The topological polar surface area (TPSA) is 58.6 Å². The second-order valence-corrected chi connectivity index (χ2v) is 6.50. The molecule has 128 valence electrons. The quantitative estimate of drug-likeness (QED) is 0.768. The van der Waals surface area contributed by atoms with Crippen LogP contribution in [0.4, 0.5) is 5.69 Å². The van der Waals surface area contributed by atoms with Crippen LogP contribution in [0.25, 0.3) is 0 Å². The molecular weight excluding hydrogens is 302 g/mol. The molecule has 0 spiro atoms. The third-order valence-electron chi connectivity index (χ3n) is 4.02. The Balaban J connectivity index is 2.32. The first-order chi connectivity index (χ1) is 11.3. The molecule has 0 atom stereocenters. The van der Waals surface area contributed by atoms with Gasteiger partial charge < -0.3 is 15.2 Å². The second-order valence-electron chi connectivity index (χ2n) is 6.50. The largest absolute Gasteiger partial charge is 0.507 e. The SMILES string of the molecule is COc1ccc(C(=O)Nc2cc(C(C)C)c(O)c(C(C)C)c2)cc1. The van der Waals surface area contributed by atoms with E-state index in [9.17, 15) is 9.90 Å². The van der Waals surface area contributed by atoms with Crippen molar-refractivity contribution in [2.75, 3.05) is 12.4 Å². The van der Waals surface area contributed by atoms with Crippen molar-refractivity contribution in [2.45, 2.75) is 39.5 Å². The minimum atomic E-state index is -0.187. The van der Waals surface area contributed by atoms with Crippen molar-refractivity contribution < 1.29 is 14.6 Å². The highest BCUT2D eigenvalue weighted by atomic mass is 16.5. The number of carbonyl (C=O) groups excluding carboxylic acids is 1. The third kappa shape index (κ3) is 3.88. The molecule has 0 aliphatic carbocycles. The maximum atomic E-state index is 12.4. The minimum absolute atomic E-state index is 0.167. The van der Waals surface area contributed by atoms with Crippen molar-refractivity contribution in [3.05, 3.63) is 53.1 Å². The molecule has 0 fully saturated rings. The number of amides is 1. The molecule has 4 nitrogen and oxygen atoms in total. The monoisotopic (exact) mass is 327 g/mol. The van der Waals surface area contributed by atoms with Crippen molar-refractivity contribution >= 4 is 11.6 Å². The second kappa shape index (κ2) is 7.39. The third-order valence-corrected chi connectivity index (χ3v) is 4.02. The summed E-state index contributed by atoms with van der Waals surface area (Å²) in [5, 5.41) is 13.4. The minimum Gasteiger partial charge on any atom is -0.507 e. The van der Waals surface area contributed by atoms with E-state index >= 15 is 0 Å². The molecule has 0 heterocycles. The molecule has 0 aliphatic rings. The molecule has 0 saturated heterocycles. The number of hydrogen-bond donors (Lipinski definition) is 2. The van der Waals surface area contributed by atoms with E-state index in [0.717, 1.165) is 11.1 Å². The summed E-state index contributed by atoms with van der Waals surface area (Å²) in [5.74, 6) is 1.18. The number of methoxy groups -OCH3 is 1. The van der Waals surface area contributed by atoms with Gasteiger partial charge in [-0.15, -0.1) is 0 Å². The van der Waals surface area contributed by atoms with Crippen LogP contribution in [0.1, 0.15) is 61.0 Å². The number of rotatable bonds is 5. The molecule has 2 rings (SSSR count). The van der Waals surface area contributed by atoms with Gasteiger partial charge in [0.25, 0.3) is 5.91 Å². The van der Waals surface area contributed by atoms with Crippen LogP contribution < -0.4 is 10.1 Å². The molecule has 0 unspecified atom stereocenters. The van der Waals surface area contributed by atoms with Crippen LogP contribution in [-0.2, 0) is 0 Å². The van der Waals surface area contributed by atoms with Crippen molar-refractivity contribution in [1.29, 1.82) is 0 Å². The van der Waals surface area contributed by atoms with E-state index in [2.05, 4.69) is 5.32 Å². The number of anilines is 1. The first-order valence-electron chi connectivity index (χ1n) is 8.15. The molecule has 1 amide bonds. The molecule has 0 radical (unpaired) electrons. The Labute approximate surface area is 143 Å². The lowest BCUT2D eigenvalue weighted by Crippen LogP contribution is -2.12. The van der Waals surface area contributed by atoms with Crippen LogP contribution in [0.15, 0.2) is 36.4 Å². The molecule has 0 saturated carbocycles. The molecule has 0 bridgehead atoms. The summed E-state index contributed by atoms with van der Waals surface area (Å²) in [7, 11) is 1.59. The maximum Gasteiger partial charge on any atom is 0.255 e. The van der Waals surface area contributed by atoms with E-state index in [1.807, 2.05) is 39.8 Å². The number of carbonyl (C=O) groups is 1. The normalized spacial score (nSPS) is 11.0. The van der Waals surface area contributed by atoms with Crippen LogP contribution in [0.2, 0.25) is 0 Å². The van der Waals surface area contributed by atoms with Gasteiger partial charge in [-0.1, -0.05) is 27.7 Å². The Bertz CT molecular complexity index is 689. The fourth-order valence-corrected chi connectivity index (χ4v) is 2.58. The van der Waals surface area contributed by atoms with Crippen molar-refractivity contribution in [2.24, 2.45) is 0 Å². The molecular formula is C20H25NO3. The summed E-state index contributed by atoms with van der Waals surface area (Å²) in [6.07, 6.45) is 0. The van der Waals surface area contributed by atoms with E-state index in [0.29, 0.717) is 22.7 Å². The van der Waals surface area contributed by atoms with E-state index < -0.39 is 0 Å². The summed E-state index contributed by atoms with van der Waals surface area (Å²) in [5.41, 5.74) is 2.93. The van der Waals surface area contributed by atoms with E-state index in [1.54, 1.807) is 31.4 Å². The number of phenolic OH excluding ortho intramolecular Hbond substituents is 1. The predicted octanol–water partition coefficient (Wildman–Crippen LogP) is 4.90. The Morgan fingerprint density at radius 2 is 1.50 bits per heavy atom. The fourth-order valence-electron chi connectivity index (χ4n) is 2.58. The van der Waals surface area contributed by atoms with E-state index in [1.165, 1.54) is 0 Å². The highest BCUT2D eigenvalue weighted by molar-refractivity contribution is 6.04. The summed E-state index contributed by atoms with van der Waals surface area (Å²) in [6.45, 7) is 8.09. The molecule has 2 aromatic rings. The Kier molecular flexibility index (Phi) is 5.50.